The van der Waals surface area contributed by atoms with Crippen LogP contribution in [-0.2, 0) is 4.74 Å². The molecule has 26 heavy (non-hydrogen) atoms. The number of hydrogen-bond donors (Lipinski definition) is 2. The second-order valence-electron chi connectivity index (χ2n) is 7.34. The van der Waals surface area contributed by atoms with E-state index in [4.69, 9.17) is 9.73 Å². The summed E-state index contributed by atoms with van der Waals surface area (Å²) in [4.78, 5) is 9.78. The highest BCUT2D eigenvalue weighted by atomic mass is 127. The largest absolute Gasteiger partial charge is 0.379 e. The number of likely N-dealkylation sites (N-methyl/N-ethyl adjacent to an activating group) is 1. The van der Waals surface area contributed by atoms with Gasteiger partial charge in [0, 0.05) is 44.8 Å². The van der Waals surface area contributed by atoms with Crippen LogP contribution < -0.4 is 10.6 Å². The summed E-state index contributed by atoms with van der Waals surface area (Å²) in [7, 11) is 2.19. The van der Waals surface area contributed by atoms with E-state index in [9.17, 15) is 0 Å². The minimum absolute atomic E-state index is 0. The molecule has 1 heterocycles. The van der Waals surface area contributed by atoms with Gasteiger partial charge in [0.15, 0.2) is 5.96 Å². The predicted molar refractivity (Wildman–Crippen MR) is 123 cm³/mol. The lowest BCUT2D eigenvalue weighted by molar-refractivity contribution is 0.00867. The Kier molecular flexibility index (Phi) is 14.8. The summed E-state index contributed by atoms with van der Waals surface area (Å²) in [6, 6.07) is 1.09. The van der Waals surface area contributed by atoms with Crippen molar-refractivity contribution in [3.63, 3.8) is 0 Å². The van der Waals surface area contributed by atoms with Crippen LogP contribution in [-0.4, -0.2) is 87.4 Å². The summed E-state index contributed by atoms with van der Waals surface area (Å²) in [5.74, 6) is 1.51. The van der Waals surface area contributed by atoms with E-state index < -0.39 is 0 Å². The Hall–Kier alpha value is -0.120. The Balaban J connectivity index is 0.00000625. The van der Waals surface area contributed by atoms with E-state index in [1.54, 1.807) is 0 Å². The average molecular weight is 483 g/mol. The molecule has 1 rings (SSSR count). The number of guanidine groups is 1. The van der Waals surface area contributed by atoms with Gasteiger partial charge in [0.1, 0.15) is 0 Å². The zero-order valence-electron chi connectivity index (χ0n) is 17.8. The maximum Gasteiger partial charge on any atom is 0.191 e. The van der Waals surface area contributed by atoms with E-state index in [2.05, 4.69) is 62.1 Å². The maximum atomic E-state index is 5.49. The van der Waals surface area contributed by atoms with E-state index in [0.717, 1.165) is 58.4 Å². The molecule has 1 aliphatic heterocycles. The fourth-order valence-corrected chi connectivity index (χ4v) is 3.07. The summed E-state index contributed by atoms with van der Waals surface area (Å²) in [5, 5.41) is 6.86. The van der Waals surface area contributed by atoms with Gasteiger partial charge in [0.2, 0.25) is 0 Å². The lowest BCUT2D eigenvalue weighted by Gasteiger charge is -2.36. The molecule has 0 aliphatic carbocycles. The standard InChI is InChI=1S/C19H41N5O.HI/c1-7-17(5)23(6)10-9-21-19(20-8-2)22-15-18(16(3)4)24-11-13-25-14-12-24;/h16-18H,7-15H2,1-6H3,(H2,20,21,22);1H. The molecule has 0 aromatic rings. The van der Waals surface area contributed by atoms with Gasteiger partial charge in [-0.3, -0.25) is 9.89 Å². The second kappa shape index (κ2) is 14.9. The first-order valence-electron chi connectivity index (χ1n) is 10.0. The van der Waals surface area contributed by atoms with Gasteiger partial charge in [0.05, 0.1) is 19.8 Å². The smallest absolute Gasteiger partial charge is 0.191 e. The highest BCUT2D eigenvalue weighted by Gasteiger charge is 2.23. The Bertz CT molecular complexity index is 375. The van der Waals surface area contributed by atoms with Crippen LogP contribution in [0.25, 0.3) is 0 Å². The van der Waals surface area contributed by atoms with Crippen LogP contribution in [0.5, 0.6) is 0 Å². The fraction of sp³-hybridized carbons (Fsp3) is 0.947. The molecule has 1 aliphatic rings. The molecule has 2 unspecified atom stereocenters. The van der Waals surface area contributed by atoms with E-state index in [1.165, 1.54) is 6.42 Å². The van der Waals surface area contributed by atoms with Gasteiger partial charge in [-0.15, -0.1) is 24.0 Å². The Morgan fingerprint density at radius 1 is 1.15 bits per heavy atom. The molecule has 1 saturated heterocycles. The quantitative estimate of drug-likeness (QED) is 0.284. The number of nitrogens with zero attached hydrogens (tertiary/aromatic N) is 3. The van der Waals surface area contributed by atoms with Crippen LogP contribution >= 0.6 is 24.0 Å². The highest BCUT2D eigenvalue weighted by molar-refractivity contribution is 14.0. The summed E-state index contributed by atoms with van der Waals surface area (Å²) in [6.45, 7) is 18.6. The molecular formula is C19H42IN5O. The molecule has 0 aromatic carbocycles. The minimum atomic E-state index is 0. The topological polar surface area (TPSA) is 52.1 Å². The van der Waals surface area contributed by atoms with Crippen LogP contribution in [0, 0.1) is 5.92 Å². The van der Waals surface area contributed by atoms with Gasteiger partial charge in [-0.25, -0.2) is 0 Å². The number of nitrogens with one attached hydrogen (secondary N) is 2. The Labute approximate surface area is 178 Å². The number of morpholine rings is 1. The first kappa shape index (κ1) is 25.9. The number of hydrogen-bond acceptors (Lipinski definition) is 4. The van der Waals surface area contributed by atoms with E-state index >= 15 is 0 Å². The van der Waals surface area contributed by atoms with Crippen molar-refractivity contribution in [3.05, 3.63) is 0 Å². The normalized spacial score (nSPS) is 18.5. The molecule has 0 amide bonds. The lowest BCUT2D eigenvalue weighted by atomic mass is 10.0. The zero-order chi connectivity index (χ0) is 18.7. The van der Waals surface area contributed by atoms with Gasteiger partial charge in [-0.2, -0.15) is 0 Å². The molecule has 0 radical (unpaired) electrons. The van der Waals surface area contributed by atoms with E-state index in [-0.39, 0.29) is 24.0 Å². The van der Waals surface area contributed by atoms with Crippen molar-refractivity contribution in [2.45, 2.75) is 53.1 Å². The number of ether oxygens (including phenoxy) is 1. The molecule has 0 aromatic heterocycles. The molecule has 0 saturated carbocycles. The fourth-order valence-electron chi connectivity index (χ4n) is 3.07. The second-order valence-corrected chi connectivity index (χ2v) is 7.34. The van der Waals surface area contributed by atoms with Crippen molar-refractivity contribution in [1.29, 1.82) is 0 Å². The molecule has 7 heteroatoms. The van der Waals surface area contributed by atoms with Crippen LogP contribution in [0.3, 0.4) is 0 Å². The third-order valence-electron chi connectivity index (χ3n) is 5.17. The van der Waals surface area contributed by atoms with Crippen molar-refractivity contribution in [1.82, 2.24) is 20.4 Å². The molecule has 0 bridgehead atoms. The van der Waals surface area contributed by atoms with Crippen molar-refractivity contribution in [2.24, 2.45) is 10.9 Å². The third kappa shape index (κ3) is 9.71. The number of halogens is 1. The van der Waals surface area contributed by atoms with Crippen LogP contribution in [0.1, 0.15) is 41.0 Å². The number of rotatable bonds is 10. The maximum absolute atomic E-state index is 5.49. The molecule has 1 fully saturated rings. The summed E-state index contributed by atoms with van der Waals surface area (Å²) < 4.78 is 5.49. The van der Waals surface area contributed by atoms with Crippen molar-refractivity contribution < 1.29 is 4.74 Å². The molecule has 156 valence electrons. The van der Waals surface area contributed by atoms with Crippen LogP contribution in [0.15, 0.2) is 4.99 Å². The first-order valence-corrected chi connectivity index (χ1v) is 10.0. The lowest BCUT2D eigenvalue weighted by Crippen LogP contribution is -2.48. The van der Waals surface area contributed by atoms with E-state index in [1.807, 2.05) is 0 Å². The van der Waals surface area contributed by atoms with Crippen molar-refractivity contribution >= 4 is 29.9 Å². The third-order valence-corrected chi connectivity index (χ3v) is 5.17. The highest BCUT2D eigenvalue weighted by Crippen LogP contribution is 2.13. The van der Waals surface area contributed by atoms with Gasteiger partial charge in [0.25, 0.3) is 0 Å². The number of aliphatic imine (C=N–C) groups is 1. The molecule has 0 spiro atoms. The average Bonchev–Trinajstić information content (AvgIpc) is 2.61. The van der Waals surface area contributed by atoms with Gasteiger partial charge in [-0.05, 0) is 33.2 Å². The minimum Gasteiger partial charge on any atom is -0.379 e. The Morgan fingerprint density at radius 2 is 1.81 bits per heavy atom. The van der Waals surface area contributed by atoms with Crippen molar-refractivity contribution in [2.75, 3.05) is 59.5 Å². The summed E-state index contributed by atoms with van der Waals surface area (Å²) in [5.41, 5.74) is 0. The Morgan fingerprint density at radius 3 is 2.35 bits per heavy atom. The van der Waals surface area contributed by atoms with Gasteiger partial charge < -0.3 is 20.3 Å². The zero-order valence-corrected chi connectivity index (χ0v) is 20.1. The molecule has 2 atom stereocenters. The van der Waals surface area contributed by atoms with Gasteiger partial charge >= 0.3 is 0 Å². The monoisotopic (exact) mass is 483 g/mol. The predicted octanol–water partition coefficient (Wildman–Crippen LogP) is 2.25. The first-order chi connectivity index (χ1) is 12.0. The van der Waals surface area contributed by atoms with E-state index in [0.29, 0.717) is 18.0 Å². The summed E-state index contributed by atoms with van der Waals surface area (Å²) >= 11 is 0. The van der Waals surface area contributed by atoms with Crippen molar-refractivity contribution in [3.8, 4) is 0 Å². The van der Waals surface area contributed by atoms with Gasteiger partial charge in [-0.1, -0.05) is 20.8 Å². The SMILES string of the molecule is CCNC(=NCC(C(C)C)N1CCOCC1)NCCN(C)C(C)CC.I. The summed E-state index contributed by atoms with van der Waals surface area (Å²) in [6.07, 6.45) is 1.18. The molecule has 2 N–H and O–H groups in total. The van der Waals surface area contributed by atoms with Crippen LogP contribution in [0.4, 0.5) is 0 Å². The van der Waals surface area contributed by atoms with Crippen LogP contribution in [0.2, 0.25) is 0 Å². The molecular weight excluding hydrogens is 441 g/mol. The molecule has 6 nitrogen and oxygen atoms in total.